The Morgan fingerprint density at radius 1 is 0.974 bits per heavy atom. The number of carbonyl (C=O) groups is 2. The van der Waals surface area contributed by atoms with Gasteiger partial charge in [0.1, 0.15) is 11.5 Å². The summed E-state index contributed by atoms with van der Waals surface area (Å²) in [7, 11) is 0. The maximum absolute atomic E-state index is 12.7. The van der Waals surface area contributed by atoms with Crippen molar-refractivity contribution in [3.05, 3.63) is 107 Å². The molecule has 0 unspecified atom stereocenters. The lowest BCUT2D eigenvalue weighted by molar-refractivity contribution is -0.143. The molecule has 6 heteroatoms. The molecule has 3 aromatic carbocycles. The molecule has 0 bridgehead atoms. The fraction of sp³-hybridized carbons (Fsp3) is 0.303. The largest absolute Gasteiger partial charge is 0.493 e. The molecule has 0 spiro atoms. The predicted molar refractivity (Wildman–Crippen MR) is 149 cm³/mol. The summed E-state index contributed by atoms with van der Waals surface area (Å²) in [6.07, 6.45) is 3.69. The third kappa shape index (κ3) is 6.11. The number of esters is 1. The minimum absolute atomic E-state index is 0.0114. The highest BCUT2D eigenvalue weighted by Crippen LogP contribution is 2.37. The Balaban J connectivity index is 1.20. The van der Waals surface area contributed by atoms with Gasteiger partial charge in [-0.15, -0.1) is 0 Å². The van der Waals surface area contributed by atoms with Crippen molar-refractivity contribution < 1.29 is 23.5 Å². The van der Waals surface area contributed by atoms with E-state index in [4.69, 9.17) is 18.9 Å². The Labute approximate surface area is 229 Å². The molecule has 0 amide bonds. The van der Waals surface area contributed by atoms with E-state index in [0.717, 1.165) is 42.0 Å². The number of rotatable bonds is 11. The number of ether oxygens (including phenoxy) is 2. The quantitative estimate of drug-likeness (QED) is 0.160. The molecular weight excluding hydrogens is 490 g/mol. The molecule has 0 radical (unpaired) electrons. The van der Waals surface area contributed by atoms with Crippen LogP contribution in [0.15, 0.2) is 77.2 Å². The molecule has 4 aromatic rings. The van der Waals surface area contributed by atoms with Gasteiger partial charge in [0.2, 0.25) is 5.89 Å². The van der Waals surface area contributed by atoms with Crippen LogP contribution in [0.2, 0.25) is 0 Å². The van der Waals surface area contributed by atoms with Crippen LogP contribution in [0.3, 0.4) is 0 Å². The smallest absolute Gasteiger partial charge is 0.306 e. The first kappa shape index (κ1) is 26.4. The van der Waals surface area contributed by atoms with Crippen molar-refractivity contribution in [3.63, 3.8) is 0 Å². The topological polar surface area (TPSA) is 78.6 Å². The molecule has 0 aliphatic heterocycles. The minimum Gasteiger partial charge on any atom is -0.493 e. The van der Waals surface area contributed by atoms with Gasteiger partial charge in [-0.05, 0) is 61.1 Å². The Bertz CT molecular complexity index is 1440. The SMILES string of the molecule is CCOC(=O)C[C@@H]1CCc2cc(OCCc3nc(-c4ccc(C(=O)c5ccccc5)cc4)oc3CC)ccc21. The zero-order valence-electron chi connectivity index (χ0n) is 22.4. The first-order valence-electron chi connectivity index (χ1n) is 13.7. The molecule has 0 fully saturated rings. The average Bonchev–Trinajstić information content (AvgIpc) is 3.57. The van der Waals surface area contributed by atoms with Gasteiger partial charge in [0.15, 0.2) is 5.78 Å². The number of benzene rings is 3. The summed E-state index contributed by atoms with van der Waals surface area (Å²) in [5.74, 6) is 2.29. The molecule has 0 saturated carbocycles. The number of aryl methyl sites for hydroxylation is 2. The number of ketones is 1. The van der Waals surface area contributed by atoms with Crippen molar-refractivity contribution in [3.8, 4) is 17.2 Å². The van der Waals surface area contributed by atoms with Gasteiger partial charge >= 0.3 is 5.97 Å². The van der Waals surface area contributed by atoms with Gasteiger partial charge in [0.05, 0.1) is 25.3 Å². The second-order valence-electron chi connectivity index (χ2n) is 9.72. The molecule has 1 aliphatic carbocycles. The minimum atomic E-state index is -0.133. The second-order valence-corrected chi connectivity index (χ2v) is 9.72. The van der Waals surface area contributed by atoms with E-state index in [-0.39, 0.29) is 17.7 Å². The molecule has 0 saturated heterocycles. The van der Waals surface area contributed by atoms with Gasteiger partial charge in [0.25, 0.3) is 0 Å². The third-order valence-electron chi connectivity index (χ3n) is 7.17. The first-order chi connectivity index (χ1) is 19.1. The second kappa shape index (κ2) is 12.1. The monoisotopic (exact) mass is 523 g/mol. The lowest BCUT2D eigenvalue weighted by Gasteiger charge is -2.12. The van der Waals surface area contributed by atoms with Crippen molar-refractivity contribution in [2.45, 2.75) is 51.9 Å². The van der Waals surface area contributed by atoms with E-state index in [0.29, 0.717) is 43.1 Å². The fourth-order valence-electron chi connectivity index (χ4n) is 5.17. The molecular formula is C33H33NO5. The highest BCUT2D eigenvalue weighted by atomic mass is 16.5. The van der Waals surface area contributed by atoms with Crippen LogP contribution in [0.4, 0.5) is 0 Å². The van der Waals surface area contributed by atoms with Gasteiger partial charge in [0, 0.05) is 29.5 Å². The summed E-state index contributed by atoms with van der Waals surface area (Å²) in [4.78, 5) is 29.4. The summed E-state index contributed by atoms with van der Waals surface area (Å²) >= 11 is 0. The number of aromatic nitrogens is 1. The first-order valence-corrected chi connectivity index (χ1v) is 13.7. The van der Waals surface area contributed by atoms with Crippen molar-refractivity contribution in [1.82, 2.24) is 4.98 Å². The molecule has 6 nitrogen and oxygen atoms in total. The van der Waals surface area contributed by atoms with Crippen LogP contribution in [0.1, 0.15) is 71.1 Å². The Hall–Kier alpha value is -4.19. The van der Waals surface area contributed by atoms with Crippen molar-refractivity contribution in [2.75, 3.05) is 13.2 Å². The molecule has 39 heavy (non-hydrogen) atoms. The van der Waals surface area contributed by atoms with E-state index >= 15 is 0 Å². The number of nitrogens with zero attached hydrogens (tertiary/aromatic N) is 1. The van der Waals surface area contributed by atoms with Crippen LogP contribution in [0, 0.1) is 0 Å². The Morgan fingerprint density at radius 2 is 1.74 bits per heavy atom. The Kier molecular flexibility index (Phi) is 8.21. The molecule has 1 aliphatic rings. The Morgan fingerprint density at radius 3 is 2.49 bits per heavy atom. The van der Waals surface area contributed by atoms with E-state index < -0.39 is 0 Å². The van der Waals surface area contributed by atoms with Crippen LogP contribution in [0.5, 0.6) is 5.75 Å². The molecule has 1 atom stereocenters. The van der Waals surface area contributed by atoms with Crippen molar-refractivity contribution >= 4 is 11.8 Å². The summed E-state index contributed by atoms with van der Waals surface area (Å²) in [5.41, 5.74) is 5.47. The van der Waals surface area contributed by atoms with Crippen molar-refractivity contribution in [2.24, 2.45) is 0 Å². The maximum Gasteiger partial charge on any atom is 0.306 e. The van der Waals surface area contributed by atoms with E-state index in [9.17, 15) is 9.59 Å². The average molecular weight is 524 g/mol. The van der Waals surface area contributed by atoms with E-state index in [1.165, 1.54) is 11.1 Å². The zero-order chi connectivity index (χ0) is 27.2. The van der Waals surface area contributed by atoms with E-state index in [1.54, 1.807) is 0 Å². The number of hydrogen-bond donors (Lipinski definition) is 0. The van der Waals surface area contributed by atoms with Crippen LogP contribution >= 0.6 is 0 Å². The lowest BCUT2D eigenvalue weighted by atomic mass is 9.98. The maximum atomic E-state index is 12.7. The van der Waals surface area contributed by atoms with Crippen LogP contribution in [0.25, 0.3) is 11.5 Å². The molecule has 5 rings (SSSR count). The molecule has 1 aromatic heterocycles. The van der Waals surface area contributed by atoms with Crippen molar-refractivity contribution in [1.29, 1.82) is 0 Å². The molecule has 200 valence electrons. The number of fused-ring (bicyclic) bond motifs is 1. The van der Waals surface area contributed by atoms with Gasteiger partial charge in [-0.1, -0.05) is 55.5 Å². The highest BCUT2D eigenvalue weighted by Gasteiger charge is 2.25. The summed E-state index contributed by atoms with van der Waals surface area (Å²) in [6, 6.07) is 22.8. The van der Waals surface area contributed by atoms with Crippen LogP contribution in [-0.4, -0.2) is 30.0 Å². The number of hydrogen-bond acceptors (Lipinski definition) is 6. The summed E-state index contributed by atoms with van der Waals surface area (Å²) in [6.45, 7) is 4.78. The summed E-state index contributed by atoms with van der Waals surface area (Å²) < 4.78 is 17.3. The molecule has 0 N–H and O–H groups in total. The highest BCUT2D eigenvalue weighted by molar-refractivity contribution is 6.09. The van der Waals surface area contributed by atoms with E-state index in [2.05, 4.69) is 12.1 Å². The predicted octanol–water partition coefficient (Wildman–Crippen LogP) is 6.74. The molecule has 1 heterocycles. The fourth-order valence-corrected chi connectivity index (χ4v) is 5.17. The third-order valence-corrected chi connectivity index (χ3v) is 7.17. The van der Waals surface area contributed by atoms with Gasteiger partial charge in [-0.25, -0.2) is 4.98 Å². The normalized spacial score (nSPS) is 14.2. The van der Waals surface area contributed by atoms with E-state index in [1.807, 2.05) is 74.5 Å². The number of carbonyl (C=O) groups excluding carboxylic acids is 2. The zero-order valence-corrected chi connectivity index (χ0v) is 22.4. The summed E-state index contributed by atoms with van der Waals surface area (Å²) in [5, 5.41) is 0. The van der Waals surface area contributed by atoms with Gasteiger partial charge < -0.3 is 13.9 Å². The van der Waals surface area contributed by atoms with Gasteiger partial charge in [-0.2, -0.15) is 0 Å². The lowest BCUT2D eigenvalue weighted by Crippen LogP contribution is -2.08. The number of oxazole rings is 1. The van der Waals surface area contributed by atoms with Crippen LogP contribution in [-0.2, 0) is 28.8 Å². The van der Waals surface area contributed by atoms with Gasteiger partial charge in [-0.3, -0.25) is 9.59 Å². The van der Waals surface area contributed by atoms with Crippen LogP contribution < -0.4 is 4.74 Å². The standard InChI is InChI=1S/C33H33NO5/c1-3-30-29(18-19-38-27-16-17-28-25(20-27)14-15-26(28)21-31(35)37-4-2)34-33(39-30)24-12-10-23(11-13-24)32(36)22-8-6-5-7-9-22/h5-13,16-17,20,26H,3-4,14-15,18-19,21H2,1-2H3/t26-/m0/s1.